The van der Waals surface area contributed by atoms with Crippen molar-refractivity contribution in [3.8, 4) is 0 Å². The maximum absolute atomic E-state index is 13.8. The van der Waals surface area contributed by atoms with Gasteiger partial charge in [-0.25, -0.2) is 9.18 Å². The third kappa shape index (κ3) is 6.51. The van der Waals surface area contributed by atoms with Gasteiger partial charge in [0, 0.05) is 18.7 Å². The Kier molecular flexibility index (Phi) is 8.21. The molecule has 1 aromatic heterocycles. The summed E-state index contributed by atoms with van der Waals surface area (Å²) in [6.07, 6.45) is -2.31. The molecule has 2 aliphatic rings. The summed E-state index contributed by atoms with van der Waals surface area (Å²) in [5.41, 5.74) is 1.03. The number of carbonyl (C=O) groups excluding carboxylic acids is 1. The molecule has 4 rings (SSSR count). The third-order valence-electron chi connectivity index (χ3n) is 5.71. The fourth-order valence-electron chi connectivity index (χ4n) is 3.85. The van der Waals surface area contributed by atoms with E-state index in [1.54, 1.807) is 29.3 Å². The van der Waals surface area contributed by atoms with Gasteiger partial charge in [-0.05, 0) is 30.2 Å². The number of alkyl halides is 3. The molecule has 0 bridgehead atoms. The Balaban J connectivity index is 0.000000406. The molecule has 7 nitrogen and oxygen atoms in total. The van der Waals surface area contributed by atoms with Crippen LogP contribution in [0.4, 0.5) is 17.6 Å². The van der Waals surface area contributed by atoms with Crippen LogP contribution >= 0.6 is 0 Å². The van der Waals surface area contributed by atoms with Gasteiger partial charge >= 0.3 is 12.1 Å². The molecular formula is C23H24F4N2O5. The lowest BCUT2D eigenvalue weighted by Gasteiger charge is -2.50. The minimum atomic E-state index is -5.08. The molecule has 2 fully saturated rings. The number of nitrogens with zero attached hydrogens (tertiary/aromatic N) is 2. The van der Waals surface area contributed by atoms with Crippen molar-refractivity contribution < 1.29 is 41.7 Å². The zero-order chi connectivity index (χ0) is 24.8. The Morgan fingerprint density at radius 1 is 1.18 bits per heavy atom. The number of amides is 1. The van der Waals surface area contributed by atoms with E-state index in [4.69, 9.17) is 19.4 Å². The number of carboxylic acids is 1. The van der Waals surface area contributed by atoms with Crippen LogP contribution in [0.15, 0.2) is 48.7 Å². The van der Waals surface area contributed by atoms with Crippen LogP contribution in [0.5, 0.6) is 0 Å². The number of aliphatic carboxylic acids is 1. The van der Waals surface area contributed by atoms with Gasteiger partial charge in [0.1, 0.15) is 11.4 Å². The summed E-state index contributed by atoms with van der Waals surface area (Å²) in [5, 5.41) is 7.12. The van der Waals surface area contributed by atoms with E-state index in [-0.39, 0.29) is 29.7 Å². The van der Waals surface area contributed by atoms with Crippen molar-refractivity contribution >= 4 is 11.9 Å². The third-order valence-corrected chi connectivity index (χ3v) is 5.71. The zero-order valence-electron chi connectivity index (χ0n) is 18.1. The number of aromatic nitrogens is 1. The topological polar surface area (TPSA) is 89.0 Å². The molecule has 0 radical (unpaired) electrons. The fraction of sp³-hybridized carbons (Fsp3) is 0.435. The molecule has 1 unspecified atom stereocenters. The fourth-order valence-corrected chi connectivity index (χ4v) is 3.85. The van der Waals surface area contributed by atoms with Crippen molar-refractivity contribution in [3.63, 3.8) is 0 Å². The van der Waals surface area contributed by atoms with E-state index in [0.717, 1.165) is 12.1 Å². The van der Waals surface area contributed by atoms with Crippen molar-refractivity contribution in [2.24, 2.45) is 5.92 Å². The summed E-state index contributed by atoms with van der Waals surface area (Å²) in [6.45, 7) is 2.86. The van der Waals surface area contributed by atoms with Gasteiger partial charge in [-0.2, -0.15) is 13.2 Å². The quantitative estimate of drug-likeness (QED) is 0.634. The second-order valence-corrected chi connectivity index (χ2v) is 8.06. The van der Waals surface area contributed by atoms with E-state index in [9.17, 15) is 22.4 Å². The molecular weight excluding hydrogens is 460 g/mol. The summed E-state index contributed by atoms with van der Waals surface area (Å²) in [5.74, 6) is -2.89. The van der Waals surface area contributed by atoms with Crippen LogP contribution in [0, 0.1) is 11.7 Å². The van der Waals surface area contributed by atoms with E-state index < -0.39 is 12.1 Å². The number of pyridine rings is 1. The Morgan fingerprint density at radius 3 is 2.47 bits per heavy atom. The van der Waals surface area contributed by atoms with Crippen LogP contribution in [0.2, 0.25) is 0 Å². The first-order valence-corrected chi connectivity index (χ1v) is 10.5. The number of ether oxygens (including phenoxy) is 2. The first kappa shape index (κ1) is 25.6. The van der Waals surface area contributed by atoms with E-state index in [0.29, 0.717) is 38.5 Å². The highest BCUT2D eigenvalue weighted by molar-refractivity contribution is 5.80. The van der Waals surface area contributed by atoms with Gasteiger partial charge in [-0.3, -0.25) is 9.78 Å². The molecule has 2 aliphatic heterocycles. The number of carbonyl (C=O) groups is 2. The SMILES string of the molecule is O=C(Cc1ccccc1F)N1CC2(C1)OCCC2COCc1ccccn1.O=C(O)C(F)(F)F. The predicted octanol–water partition coefficient (Wildman–Crippen LogP) is 3.23. The van der Waals surface area contributed by atoms with Crippen molar-refractivity contribution in [3.05, 3.63) is 65.7 Å². The van der Waals surface area contributed by atoms with E-state index >= 15 is 0 Å². The van der Waals surface area contributed by atoms with Crippen LogP contribution in [-0.4, -0.2) is 64.9 Å². The molecule has 1 spiro atoms. The van der Waals surface area contributed by atoms with Gasteiger partial charge in [-0.1, -0.05) is 24.3 Å². The van der Waals surface area contributed by atoms with Crippen molar-refractivity contribution in [2.45, 2.75) is 31.2 Å². The lowest BCUT2D eigenvalue weighted by molar-refractivity contribution is -0.192. The summed E-state index contributed by atoms with van der Waals surface area (Å²) in [7, 11) is 0. The average molecular weight is 484 g/mol. The van der Waals surface area contributed by atoms with Crippen LogP contribution in [0.1, 0.15) is 17.7 Å². The second kappa shape index (κ2) is 10.9. The molecule has 1 amide bonds. The van der Waals surface area contributed by atoms with Crippen LogP contribution in [0.3, 0.4) is 0 Å². The van der Waals surface area contributed by atoms with E-state index in [1.165, 1.54) is 6.07 Å². The smallest absolute Gasteiger partial charge is 0.475 e. The number of halogens is 4. The Bertz CT molecular complexity index is 981. The average Bonchev–Trinajstić information content (AvgIpc) is 3.19. The first-order valence-electron chi connectivity index (χ1n) is 10.5. The lowest BCUT2D eigenvalue weighted by Crippen LogP contribution is -2.66. The van der Waals surface area contributed by atoms with Crippen LogP contribution < -0.4 is 0 Å². The lowest BCUT2D eigenvalue weighted by atomic mass is 9.81. The number of hydrogen-bond acceptors (Lipinski definition) is 5. The van der Waals surface area contributed by atoms with Gasteiger partial charge in [0.15, 0.2) is 0 Å². The Morgan fingerprint density at radius 2 is 1.85 bits per heavy atom. The van der Waals surface area contributed by atoms with Crippen molar-refractivity contribution in [2.75, 3.05) is 26.3 Å². The van der Waals surface area contributed by atoms with Gasteiger partial charge in [0.2, 0.25) is 5.91 Å². The number of hydrogen-bond donors (Lipinski definition) is 1. The number of rotatable bonds is 6. The summed E-state index contributed by atoms with van der Waals surface area (Å²) in [4.78, 5) is 27.4. The summed E-state index contributed by atoms with van der Waals surface area (Å²) >= 11 is 0. The zero-order valence-corrected chi connectivity index (χ0v) is 18.1. The normalized spacial score (nSPS) is 18.7. The van der Waals surface area contributed by atoms with Crippen LogP contribution in [0.25, 0.3) is 0 Å². The maximum atomic E-state index is 13.8. The number of benzene rings is 1. The maximum Gasteiger partial charge on any atom is 0.490 e. The molecule has 1 N–H and O–H groups in total. The van der Waals surface area contributed by atoms with Gasteiger partial charge in [0.25, 0.3) is 0 Å². The molecule has 2 aromatic rings. The molecule has 0 saturated carbocycles. The largest absolute Gasteiger partial charge is 0.490 e. The predicted molar refractivity (Wildman–Crippen MR) is 111 cm³/mol. The monoisotopic (exact) mass is 484 g/mol. The number of likely N-dealkylation sites (tertiary alicyclic amines) is 1. The van der Waals surface area contributed by atoms with E-state index in [2.05, 4.69) is 4.98 Å². The minimum Gasteiger partial charge on any atom is -0.475 e. The van der Waals surface area contributed by atoms with Crippen molar-refractivity contribution in [1.29, 1.82) is 0 Å². The molecule has 11 heteroatoms. The Labute approximate surface area is 193 Å². The first-order chi connectivity index (χ1) is 16.1. The molecule has 2 saturated heterocycles. The van der Waals surface area contributed by atoms with Gasteiger partial charge in [0.05, 0.1) is 38.4 Å². The standard InChI is InChI=1S/C21H23FN2O3.C2HF3O2/c22-19-7-2-1-5-16(19)11-20(25)24-14-21(15-24)17(8-10-27-21)12-26-13-18-6-3-4-9-23-18;3-2(4,5)1(6)7/h1-7,9,17H,8,10-15H2;(H,6,7). The van der Waals surface area contributed by atoms with Crippen LogP contribution in [-0.2, 0) is 32.1 Å². The molecule has 184 valence electrons. The van der Waals surface area contributed by atoms with E-state index in [1.807, 2.05) is 18.2 Å². The van der Waals surface area contributed by atoms with Gasteiger partial charge in [-0.15, -0.1) is 0 Å². The highest BCUT2D eigenvalue weighted by atomic mass is 19.4. The highest BCUT2D eigenvalue weighted by Gasteiger charge is 2.54. The number of carboxylic acid groups (broad SMARTS) is 1. The summed E-state index contributed by atoms with van der Waals surface area (Å²) in [6, 6.07) is 12.2. The van der Waals surface area contributed by atoms with Crippen molar-refractivity contribution in [1.82, 2.24) is 9.88 Å². The molecule has 1 atom stereocenters. The molecule has 1 aromatic carbocycles. The van der Waals surface area contributed by atoms with Gasteiger partial charge < -0.3 is 19.5 Å². The second-order valence-electron chi connectivity index (χ2n) is 8.06. The highest BCUT2D eigenvalue weighted by Crippen LogP contribution is 2.40. The molecule has 34 heavy (non-hydrogen) atoms. The minimum absolute atomic E-state index is 0.0608. The molecule has 3 heterocycles. The summed E-state index contributed by atoms with van der Waals surface area (Å²) < 4.78 is 57.3. The molecule has 0 aliphatic carbocycles. The Hall–Kier alpha value is -3.05.